The van der Waals surface area contributed by atoms with Crippen LogP contribution in [-0.2, 0) is 0 Å². The molecule has 0 amide bonds. The Morgan fingerprint density at radius 1 is 1.15 bits per heavy atom. The molecule has 2 N–H and O–H groups in total. The fourth-order valence-corrected chi connectivity index (χ4v) is 1.91. The van der Waals surface area contributed by atoms with E-state index in [0.29, 0.717) is 16.7 Å². The average molecular weight is 275 g/mol. The first-order chi connectivity index (χ1) is 9.56. The molecule has 0 atom stereocenters. The maximum Gasteiger partial charge on any atom is 0.165 e. The highest BCUT2D eigenvalue weighted by Gasteiger charge is 2.10. The van der Waals surface area contributed by atoms with Crippen LogP contribution in [0.5, 0.6) is 11.5 Å². The van der Waals surface area contributed by atoms with E-state index in [1.54, 1.807) is 25.1 Å². The minimum Gasteiger partial charge on any atom is -0.507 e. The lowest BCUT2D eigenvalue weighted by Crippen LogP contribution is -1.96. The van der Waals surface area contributed by atoms with E-state index in [-0.39, 0.29) is 17.2 Å². The quantitative estimate of drug-likeness (QED) is 0.512. The normalized spacial score (nSPS) is 11.4. The van der Waals surface area contributed by atoms with E-state index >= 15 is 0 Å². The molecule has 0 saturated heterocycles. The van der Waals surface area contributed by atoms with Gasteiger partial charge in [0.2, 0.25) is 0 Å². The van der Waals surface area contributed by atoms with Gasteiger partial charge in [-0.05, 0) is 42.3 Å². The molecule has 0 aliphatic heterocycles. The van der Waals surface area contributed by atoms with Gasteiger partial charge in [0.15, 0.2) is 11.6 Å². The molecule has 0 heterocycles. The highest BCUT2D eigenvalue weighted by atomic mass is 19.1. The predicted octanol–water partition coefficient (Wildman–Crippen LogP) is 3.41. The number of rotatable bonds is 3. The van der Waals surface area contributed by atoms with Gasteiger partial charge in [0.1, 0.15) is 5.75 Å². The highest BCUT2D eigenvalue weighted by molar-refractivity contribution is 6.01. The van der Waals surface area contributed by atoms with Crippen molar-refractivity contribution < 1.29 is 19.4 Å². The molecule has 0 aliphatic rings. The lowest BCUT2D eigenvalue weighted by molar-refractivity contribution is 0.318. The lowest BCUT2D eigenvalue weighted by Gasteiger charge is -2.08. The zero-order valence-corrected chi connectivity index (χ0v) is 11.1. The first-order valence-electron chi connectivity index (χ1n) is 5.92. The maximum absolute atomic E-state index is 13.7. The molecule has 2 aromatic carbocycles. The number of phenols is 1. The molecule has 0 saturated carbocycles. The Bertz CT molecular complexity index is 668. The third kappa shape index (κ3) is 2.56. The summed E-state index contributed by atoms with van der Waals surface area (Å²) in [4.78, 5) is 0. The molecule has 4 nitrogen and oxygen atoms in total. The monoisotopic (exact) mass is 275 g/mol. The fourth-order valence-electron chi connectivity index (χ4n) is 1.91. The minimum atomic E-state index is -0.466. The van der Waals surface area contributed by atoms with Crippen molar-refractivity contribution in [1.29, 1.82) is 0 Å². The summed E-state index contributed by atoms with van der Waals surface area (Å²) in [6.45, 7) is 1.56. The summed E-state index contributed by atoms with van der Waals surface area (Å²) in [5.41, 5.74) is 2.00. The van der Waals surface area contributed by atoms with Gasteiger partial charge in [-0.2, -0.15) is 0 Å². The van der Waals surface area contributed by atoms with E-state index in [1.165, 1.54) is 25.3 Å². The number of hydrogen-bond donors (Lipinski definition) is 2. The molecule has 104 valence electrons. The van der Waals surface area contributed by atoms with Crippen LogP contribution >= 0.6 is 0 Å². The van der Waals surface area contributed by atoms with Gasteiger partial charge in [0.25, 0.3) is 0 Å². The molecule has 0 bridgehead atoms. The van der Waals surface area contributed by atoms with Gasteiger partial charge < -0.3 is 15.1 Å². The number of phenolic OH excluding ortho intramolecular Hbond substituents is 1. The van der Waals surface area contributed by atoms with Crippen molar-refractivity contribution in [2.24, 2.45) is 5.16 Å². The maximum atomic E-state index is 13.7. The van der Waals surface area contributed by atoms with Crippen molar-refractivity contribution in [2.45, 2.75) is 6.92 Å². The zero-order valence-electron chi connectivity index (χ0n) is 11.1. The Kier molecular flexibility index (Phi) is 3.89. The van der Waals surface area contributed by atoms with Crippen molar-refractivity contribution in [3.8, 4) is 22.6 Å². The summed E-state index contributed by atoms with van der Waals surface area (Å²) < 4.78 is 18.6. The van der Waals surface area contributed by atoms with Crippen LogP contribution in [0.4, 0.5) is 4.39 Å². The van der Waals surface area contributed by atoms with E-state index in [0.717, 1.165) is 0 Å². The third-order valence-electron chi connectivity index (χ3n) is 3.02. The number of nitrogens with zero attached hydrogens (tertiary/aromatic N) is 1. The molecule has 0 unspecified atom stereocenters. The Morgan fingerprint density at radius 2 is 1.80 bits per heavy atom. The zero-order chi connectivity index (χ0) is 14.7. The summed E-state index contributed by atoms with van der Waals surface area (Å²) in [6.07, 6.45) is 0. The Labute approximate surface area is 115 Å². The number of hydrogen-bond acceptors (Lipinski definition) is 4. The smallest absolute Gasteiger partial charge is 0.165 e. The summed E-state index contributed by atoms with van der Waals surface area (Å²) >= 11 is 0. The Balaban J connectivity index is 2.51. The van der Waals surface area contributed by atoms with Crippen molar-refractivity contribution in [1.82, 2.24) is 0 Å². The number of oxime groups is 1. The molecule has 0 aromatic heterocycles. The van der Waals surface area contributed by atoms with Gasteiger partial charge >= 0.3 is 0 Å². The topological polar surface area (TPSA) is 62.0 Å². The molecule has 0 radical (unpaired) electrons. The van der Waals surface area contributed by atoms with Crippen LogP contribution in [0.2, 0.25) is 0 Å². The van der Waals surface area contributed by atoms with Gasteiger partial charge in [-0.1, -0.05) is 17.3 Å². The minimum absolute atomic E-state index is 0.00182. The third-order valence-corrected chi connectivity index (χ3v) is 3.02. The number of benzene rings is 2. The van der Waals surface area contributed by atoms with Crippen molar-refractivity contribution >= 4 is 5.71 Å². The number of halogens is 1. The second-order valence-corrected chi connectivity index (χ2v) is 4.27. The van der Waals surface area contributed by atoms with Crippen molar-refractivity contribution in [3.05, 3.63) is 47.8 Å². The Morgan fingerprint density at radius 3 is 2.40 bits per heavy atom. The summed E-state index contributed by atoms with van der Waals surface area (Å²) in [7, 11) is 1.40. The number of aromatic hydroxyl groups is 1. The van der Waals surface area contributed by atoms with E-state index < -0.39 is 5.82 Å². The summed E-state index contributed by atoms with van der Waals surface area (Å²) in [5, 5.41) is 21.6. The van der Waals surface area contributed by atoms with Crippen LogP contribution < -0.4 is 4.74 Å². The van der Waals surface area contributed by atoms with E-state index in [1.807, 2.05) is 0 Å². The first kappa shape index (κ1) is 13.9. The molecule has 2 aromatic rings. The van der Waals surface area contributed by atoms with Gasteiger partial charge in [0.05, 0.1) is 12.8 Å². The van der Waals surface area contributed by atoms with Crippen molar-refractivity contribution in [3.63, 3.8) is 0 Å². The van der Waals surface area contributed by atoms with Crippen LogP contribution in [0.25, 0.3) is 11.1 Å². The second-order valence-electron chi connectivity index (χ2n) is 4.27. The van der Waals surface area contributed by atoms with Crippen LogP contribution in [0, 0.1) is 5.82 Å². The van der Waals surface area contributed by atoms with Crippen molar-refractivity contribution in [2.75, 3.05) is 7.11 Å². The largest absolute Gasteiger partial charge is 0.507 e. The number of ether oxygens (including phenoxy) is 1. The Hall–Kier alpha value is -2.56. The molecular weight excluding hydrogens is 261 g/mol. The molecule has 2 rings (SSSR count). The van der Waals surface area contributed by atoms with E-state index in [4.69, 9.17) is 9.94 Å². The number of methoxy groups -OCH3 is 1. The first-order valence-corrected chi connectivity index (χ1v) is 5.92. The second kappa shape index (κ2) is 5.61. The van der Waals surface area contributed by atoms with E-state index in [9.17, 15) is 9.50 Å². The molecular formula is C15H14FNO3. The van der Waals surface area contributed by atoms with Crippen LogP contribution in [-0.4, -0.2) is 23.1 Å². The standard InChI is InChI=1S/C15H14FNO3/c1-9(17-19)12-7-10(3-5-14(12)18)11-4-6-15(20-2)13(16)8-11/h3-8,18-19H,1-2H3/b17-9+. The molecule has 20 heavy (non-hydrogen) atoms. The summed E-state index contributed by atoms with van der Waals surface area (Å²) in [6, 6.07) is 9.35. The van der Waals surface area contributed by atoms with Gasteiger partial charge in [0, 0.05) is 5.56 Å². The summed E-state index contributed by atoms with van der Waals surface area (Å²) in [5.74, 6) is -0.300. The molecule has 0 aliphatic carbocycles. The average Bonchev–Trinajstić information content (AvgIpc) is 2.47. The lowest BCUT2D eigenvalue weighted by atomic mass is 10.0. The van der Waals surface area contributed by atoms with Gasteiger partial charge in [-0.15, -0.1) is 0 Å². The SMILES string of the molecule is COc1ccc(-c2ccc(O)c(/C(C)=N/O)c2)cc1F. The molecule has 5 heteroatoms. The van der Waals surface area contributed by atoms with Crippen LogP contribution in [0.1, 0.15) is 12.5 Å². The highest BCUT2D eigenvalue weighted by Crippen LogP contribution is 2.29. The molecule has 0 fully saturated rings. The van der Waals surface area contributed by atoms with Gasteiger partial charge in [-0.3, -0.25) is 0 Å². The predicted molar refractivity (Wildman–Crippen MR) is 74.1 cm³/mol. The van der Waals surface area contributed by atoms with E-state index in [2.05, 4.69) is 5.16 Å². The van der Waals surface area contributed by atoms with Crippen LogP contribution in [0.3, 0.4) is 0 Å². The molecule has 0 spiro atoms. The van der Waals surface area contributed by atoms with Gasteiger partial charge in [-0.25, -0.2) is 4.39 Å². The van der Waals surface area contributed by atoms with Crippen LogP contribution in [0.15, 0.2) is 41.6 Å². The fraction of sp³-hybridized carbons (Fsp3) is 0.133.